The minimum atomic E-state index is -1.30. The summed E-state index contributed by atoms with van der Waals surface area (Å²) in [4.78, 5) is 11.7. The second-order valence-electron chi connectivity index (χ2n) is 7.51. The van der Waals surface area contributed by atoms with Crippen LogP contribution in [-0.2, 0) is 24.6 Å². The minimum Gasteiger partial charge on any atom is -0.478 e. The Bertz CT molecular complexity index is 1370. The molecule has 6 nitrogen and oxygen atoms in total. The molecule has 0 saturated carbocycles. The average molecular weight is 458 g/mol. The molecule has 0 aliphatic heterocycles. The molecule has 166 valence electrons. The summed E-state index contributed by atoms with van der Waals surface area (Å²) in [6, 6.07) is 20.2. The molecule has 33 heavy (non-hydrogen) atoms. The highest BCUT2D eigenvalue weighted by Crippen LogP contribution is 2.20. The van der Waals surface area contributed by atoms with Crippen LogP contribution in [0.4, 0.5) is 0 Å². The first-order valence-electron chi connectivity index (χ1n) is 10.3. The SMILES string of the molecule is Cc1ccc(S(=O)NCc2ccc(C#Cc3cccc(C(=O)O)c3-n3cccc3)cc2)n1C. The fraction of sp³-hybridized carbons (Fsp3) is 0.115. The van der Waals surface area contributed by atoms with Gasteiger partial charge in [-0.1, -0.05) is 30.0 Å². The van der Waals surface area contributed by atoms with Gasteiger partial charge in [-0.15, -0.1) is 0 Å². The lowest BCUT2D eigenvalue weighted by atomic mass is 10.1. The van der Waals surface area contributed by atoms with Crippen molar-refractivity contribution < 1.29 is 14.1 Å². The van der Waals surface area contributed by atoms with E-state index < -0.39 is 17.0 Å². The first-order chi connectivity index (χ1) is 15.9. The number of aromatic carboxylic acids is 1. The van der Waals surface area contributed by atoms with Crippen molar-refractivity contribution in [3.63, 3.8) is 0 Å². The van der Waals surface area contributed by atoms with Crippen molar-refractivity contribution >= 4 is 17.0 Å². The van der Waals surface area contributed by atoms with Gasteiger partial charge in [-0.25, -0.2) is 13.7 Å². The zero-order chi connectivity index (χ0) is 23.4. The highest BCUT2D eigenvalue weighted by atomic mass is 32.2. The zero-order valence-electron chi connectivity index (χ0n) is 18.3. The monoisotopic (exact) mass is 457 g/mol. The van der Waals surface area contributed by atoms with Crippen LogP contribution in [-0.4, -0.2) is 24.4 Å². The third-order valence-corrected chi connectivity index (χ3v) is 6.54. The highest BCUT2D eigenvalue weighted by Gasteiger charge is 2.14. The lowest BCUT2D eigenvalue weighted by Crippen LogP contribution is -2.19. The summed E-state index contributed by atoms with van der Waals surface area (Å²) in [5.41, 5.74) is 4.21. The van der Waals surface area contributed by atoms with E-state index in [-0.39, 0.29) is 5.56 Å². The van der Waals surface area contributed by atoms with Gasteiger partial charge in [0.1, 0.15) is 16.0 Å². The lowest BCUT2D eigenvalue weighted by molar-refractivity contribution is 0.0697. The Kier molecular flexibility index (Phi) is 6.59. The first kappa shape index (κ1) is 22.3. The number of rotatable bonds is 6. The molecule has 2 aromatic heterocycles. The first-order valence-corrected chi connectivity index (χ1v) is 11.5. The molecule has 7 heteroatoms. The van der Waals surface area contributed by atoms with Crippen molar-refractivity contribution in [2.24, 2.45) is 7.05 Å². The van der Waals surface area contributed by atoms with Crippen LogP contribution in [0, 0.1) is 18.8 Å². The van der Waals surface area contributed by atoms with Crippen molar-refractivity contribution in [1.29, 1.82) is 0 Å². The molecule has 0 amide bonds. The van der Waals surface area contributed by atoms with Crippen LogP contribution in [0.25, 0.3) is 5.69 Å². The molecular formula is C26H23N3O3S. The normalized spacial score (nSPS) is 11.6. The summed E-state index contributed by atoms with van der Waals surface area (Å²) in [6.45, 7) is 2.43. The Morgan fingerprint density at radius 3 is 2.36 bits per heavy atom. The second kappa shape index (κ2) is 9.74. The number of nitrogens with one attached hydrogen (secondary N) is 1. The molecule has 0 aliphatic rings. The molecule has 4 rings (SSSR count). The summed E-state index contributed by atoms with van der Waals surface area (Å²) < 4.78 is 19.2. The molecule has 0 aliphatic carbocycles. The van der Waals surface area contributed by atoms with Crippen LogP contribution in [0.2, 0.25) is 0 Å². The van der Waals surface area contributed by atoms with Gasteiger partial charge in [-0.2, -0.15) is 0 Å². The standard InChI is InChI=1S/C26H23N3O3S/c1-19-8-15-24(28(19)2)33(32)27-18-21-11-9-20(10-12-21)13-14-22-6-5-7-23(26(30)31)25(22)29-16-3-4-17-29/h3-12,15-17,27H,18H2,1-2H3,(H,30,31). The minimum absolute atomic E-state index is 0.195. The smallest absolute Gasteiger partial charge is 0.337 e. The third kappa shape index (κ3) is 4.98. The zero-order valence-corrected chi connectivity index (χ0v) is 19.1. The number of carbonyl (C=O) groups is 1. The number of hydrogen-bond donors (Lipinski definition) is 2. The summed E-state index contributed by atoms with van der Waals surface area (Å²) in [6.07, 6.45) is 3.60. The van der Waals surface area contributed by atoms with Gasteiger partial charge in [-0.3, -0.25) is 0 Å². The number of benzene rings is 2. The number of nitrogens with zero attached hydrogens (tertiary/aromatic N) is 2. The molecule has 2 N–H and O–H groups in total. The summed E-state index contributed by atoms with van der Waals surface area (Å²) in [5, 5.41) is 10.3. The van der Waals surface area contributed by atoms with Crippen LogP contribution in [0.5, 0.6) is 0 Å². The predicted molar refractivity (Wildman–Crippen MR) is 129 cm³/mol. The van der Waals surface area contributed by atoms with Crippen molar-refractivity contribution in [3.8, 4) is 17.5 Å². The van der Waals surface area contributed by atoms with Gasteiger partial charge in [0.2, 0.25) is 0 Å². The molecule has 1 atom stereocenters. The maximum atomic E-state index is 12.5. The van der Waals surface area contributed by atoms with Gasteiger partial charge < -0.3 is 14.2 Å². The maximum Gasteiger partial charge on any atom is 0.337 e. The molecular weight excluding hydrogens is 434 g/mol. The molecule has 0 fully saturated rings. The molecule has 1 unspecified atom stereocenters. The van der Waals surface area contributed by atoms with Crippen molar-refractivity contribution in [3.05, 3.63) is 107 Å². The lowest BCUT2D eigenvalue weighted by Gasteiger charge is -2.10. The quantitative estimate of drug-likeness (QED) is 0.429. The van der Waals surface area contributed by atoms with E-state index in [0.29, 0.717) is 17.8 Å². The Hall–Kier alpha value is -3.86. The van der Waals surface area contributed by atoms with Gasteiger partial charge in [-0.05, 0) is 61.0 Å². The fourth-order valence-corrected chi connectivity index (χ4v) is 4.45. The van der Waals surface area contributed by atoms with Crippen LogP contribution >= 0.6 is 0 Å². The molecule has 0 spiro atoms. The van der Waals surface area contributed by atoms with Crippen LogP contribution < -0.4 is 4.72 Å². The summed E-state index contributed by atoms with van der Waals surface area (Å²) >= 11 is 0. The number of carboxylic acids is 1. The second-order valence-corrected chi connectivity index (χ2v) is 8.75. The van der Waals surface area contributed by atoms with Crippen molar-refractivity contribution in [1.82, 2.24) is 13.9 Å². The number of aromatic nitrogens is 2. The molecule has 2 aromatic carbocycles. The topological polar surface area (TPSA) is 76.3 Å². The average Bonchev–Trinajstić information content (AvgIpc) is 3.47. The predicted octanol–water partition coefficient (Wildman–Crippen LogP) is 4.03. The van der Waals surface area contributed by atoms with Gasteiger partial charge in [0.05, 0.1) is 11.3 Å². The summed E-state index contributed by atoms with van der Waals surface area (Å²) in [7, 11) is 0.597. The third-order valence-electron chi connectivity index (χ3n) is 5.35. The number of carboxylic acid groups (broad SMARTS) is 1. The van der Waals surface area contributed by atoms with Gasteiger partial charge in [0.15, 0.2) is 0 Å². The van der Waals surface area contributed by atoms with E-state index in [1.807, 2.05) is 73.1 Å². The van der Waals surface area contributed by atoms with E-state index in [1.165, 1.54) is 0 Å². The van der Waals surface area contributed by atoms with Crippen LogP contribution in [0.1, 0.15) is 32.7 Å². The van der Waals surface area contributed by atoms with E-state index in [9.17, 15) is 14.1 Å². The molecule has 0 radical (unpaired) electrons. The van der Waals surface area contributed by atoms with E-state index in [0.717, 1.165) is 21.8 Å². The van der Waals surface area contributed by atoms with E-state index in [4.69, 9.17) is 0 Å². The van der Waals surface area contributed by atoms with Gasteiger partial charge >= 0.3 is 5.97 Å². The van der Waals surface area contributed by atoms with E-state index in [2.05, 4.69) is 16.6 Å². The Morgan fingerprint density at radius 1 is 1.00 bits per heavy atom. The fourth-order valence-electron chi connectivity index (χ4n) is 3.42. The summed E-state index contributed by atoms with van der Waals surface area (Å²) in [5.74, 6) is 5.23. The maximum absolute atomic E-state index is 12.5. The van der Waals surface area contributed by atoms with Crippen LogP contribution in [0.15, 0.2) is 84.1 Å². The Morgan fingerprint density at radius 2 is 1.73 bits per heavy atom. The molecule has 4 aromatic rings. The van der Waals surface area contributed by atoms with Crippen LogP contribution in [0.3, 0.4) is 0 Å². The molecule has 0 bridgehead atoms. The Labute approximate surface area is 195 Å². The number of para-hydroxylation sites is 1. The van der Waals surface area contributed by atoms with Gasteiger partial charge in [0.25, 0.3) is 0 Å². The van der Waals surface area contributed by atoms with E-state index >= 15 is 0 Å². The largest absolute Gasteiger partial charge is 0.478 e. The van der Waals surface area contributed by atoms with Gasteiger partial charge in [0, 0.05) is 42.8 Å². The number of aryl methyl sites for hydroxylation is 1. The van der Waals surface area contributed by atoms with E-state index in [1.54, 1.807) is 29.1 Å². The number of hydrogen-bond acceptors (Lipinski definition) is 2. The Balaban J connectivity index is 1.50. The molecule has 0 saturated heterocycles. The van der Waals surface area contributed by atoms with Crippen molar-refractivity contribution in [2.75, 3.05) is 0 Å². The van der Waals surface area contributed by atoms with Crippen molar-refractivity contribution in [2.45, 2.75) is 18.5 Å². The molecule has 2 heterocycles. The highest BCUT2D eigenvalue weighted by molar-refractivity contribution is 7.83.